The number of fused-ring (bicyclic) bond motifs is 1. The fourth-order valence-electron chi connectivity index (χ4n) is 2.87. The first-order valence-electron chi connectivity index (χ1n) is 6.35. The predicted octanol–water partition coefficient (Wildman–Crippen LogP) is 3.35. The molecule has 1 aliphatic rings. The number of likely N-dealkylation sites (N-methyl/N-ethyl adjacent to an activating group) is 1. The third-order valence-corrected chi connectivity index (χ3v) is 3.65. The van der Waals surface area contributed by atoms with Crippen LogP contribution in [0.3, 0.4) is 0 Å². The maximum atomic E-state index is 3.67. The minimum Gasteiger partial charge on any atom is -0.313 e. The van der Waals surface area contributed by atoms with Crippen molar-refractivity contribution in [2.24, 2.45) is 5.41 Å². The molecular formula is C15H23N. The molecule has 0 aliphatic heterocycles. The zero-order chi connectivity index (χ0) is 11.8. The molecule has 1 aromatic carbocycles. The van der Waals surface area contributed by atoms with E-state index in [0.717, 1.165) is 6.54 Å². The van der Waals surface area contributed by atoms with E-state index in [4.69, 9.17) is 0 Å². The molecule has 0 saturated carbocycles. The van der Waals surface area contributed by atoms with Crippen molar-refractivity contribution in [1.82, 2.24) is 5.32 Å². The summed E-state index contributed by atoms with van der Waals surface area (Å²) >= 11 is 0. The number of nitrogens with one attached hydrogen (secondary N) is 1. The molecule has 1 heteroatoms. The van der Waals surface area contributed by atoms with Crippen molar-refractivity contribution >= 4 is 0 Å². The molecule has 0 amide bonds. The molecule has 1 nitrogen and oxygen atoms in total. The maximum Gasteiger partial charge on any atom is 0.0187 e. The topological polar surface area (TPSA) is 12.0 Å². The summed E-state index contributed by atoms with van der Waals surface area (Å²) in [6.07, 6.45) is 1.24. The number of benzene rings is 1. The summed E-state index contributed by atoms with van der Waals surface area (Å²) in [6, 6.07) is 9.45. The molecule has 0 saturated heterocycles. The van der Waals surface area contributed by atoms with Crippen molar-refractivity contribution in [2.45, 2.75) is 46.1 Å². The lowest BCUT2D eigenvalue weighted by molar-refractivity contribution is 0.221. The second-order valence-corrected chi connectivity index (χ2v) is 5.91. The summed E-state index contributed by atoms with van der Waals surface area (Å²) in [7, 11) is 0. The summed E-state index contributed by atoms with van der Waals surface area (Å²) in [5.41, 5.74) is 3.43. The van der Waals surface area contributed by atoms with E-state index in [-0.39, 0.29) is 0 Å². The van der Waals surface area contributed by atoms with Crippen LogP contribution in [0.4, 0.5) is 0 Å². The third-order valence-electron chi connectivity index (χ3n) is 3.65. The Balaban J connectivity index is 2.19. The Hall–Kier alpha value is -0.820. The zero-order valence-corrected chi connectivity index (χ0v) is 10.9. The van der Waals surface area contributed by atoms with Crippen LogP contribution in [0.15, 0.2) is 24.3 Å². The molecule has 0 spiro atoms. The smallest absolute Gasteiger partial charge is 0.0187 e. The van der Waals surface area contributed by atoms with Gasteiger partial charge < -0.3 is 5.32 Å². The van der Waals surface area contributed by atoms with Gasteiger partial charge in [-0.3, -0.25) is 0 Å². The minimum atomic E-state index is 0.328. The fraction of sp³-hybridized carbons (Fsp3) is 0.600. The number of hydrogen-bond donors (Lipinski definition) is 1. The number of hydrogen-bond acceptors (Lipinski definition) is 1. The maximum absolute atomic E-state index is 3.67. The zero-order valence-electron chi connectivity index (χ0n) is 10.9. The molecule has 88 valence electrons. The Labute approximate surface area is 99.3 Å². The molecule has 0 bridgehead atoms. The van der Waals surface area contributed by atoms with Crippen LogP contribution < -0.4 is 5.32 Å². The highest BCUT2D eigenvalue weighted by molar-refractivity contribution is 5.41. The van der Waals surface area contributed by atoms with E-state index in [0.29, 0.717) is 17.4 Å². The van der Waals surface area contributed by atoms with E-state index >= 15 is 0 Å². The minimum absolute atomic E-state index is 0.328. The van der Waals surface area contributed by atoms with Gasteiger partial charge in [0.2, 0.25) is 0 Å². The molecule has 0 aromatic heterocycles. The van der Waals surface area contributed by atoms with Gasteiger partial charge in [0, 0.05) is 12.0 Å². The average Bonchev–Trinajstić information content (AvgIpc) is 2.17. The average molecular weight is 217 g/mol. The summed E-state index contributed by atoms with van der Waals surface area (Å²) in [5, 5.41) is 3.67. The molecule has 0 radical (unpaired) electrons. The van der Waals surface area contributed by atoms with Crippen LogP contribution in [0, 0.1) is 5.41 Å². The molecule has 2 rings (SSSR count). The van der Waals surface area contributed by atoms with Crippen LogP contribution >= 0.6 is 0 Å². The van der Waals surface area contributed by atoms with Gasteiger partial charge in [0.25, 0.3) is 0 Å². The Morgan fingerprint density at radius 2 is 2.00 bits per heavy atom. The summed E-state index contributed by atoms with van der Waals surface area (Å²) in [6.45, 7) is 10.3. The quantitative estimate of drug-likeness (QED) is 0.818. The van der Waals surface area contributed by atoms with Crippen LogP contribution in [0.1, 0.15) is 44.7 Å². The van der Waals surface area contributed by atoms with Crippen molar-refractivity contribution in [2.75, 3.05) is 6.54 Å². The SMILES string of the molecule is CCNC(C1Cc2ccccc21)C(C)(C)C. The van der Waals surface area contributed by atoms with Crippen molar-refractivity contribution in [3.63, 3.8) is 0 Å². The molecular weight excluding hydrogens is 194 g/mol. The van der Waals surface area contributed by atoms with Crippen molar-refractivity contribution < 1.29 is 0 Å². The first-order valence-corrected chi connectivity index (χ1v) is 6.35. The van der Waals surface area contributed by atoms with Crippen LogP contribution in [0.25, 0.3) is 0 Å². The Morgan fingerprint density at radius 3 is 2.56 bits per heavy atom. The summed E-state index contributed by atoms with van der Waals surface area (Å²) in [4.78, 5) is 0. The van der Waals surface area contributed by atoms with E-state index in [1.807, 2.05) is 0 Å². The van der Waals surface area contributed by atoms with Gasteiger partial charge in [-0.2, -0.15) is 0 Å². The third kappa shape index (κ3) is 2.01. The van der Waals surface area contributed by atoms with Gasteiger partial charge in [-0.25, -0.2) is 0 Å². The van der Waals surface area contributed by atoms with E-state index in [1.54, 1.807) is 11.1 Å². The molecule has 0 heterocycles. The van der Waals surface area contributed by atoms with E-state index in [9.17, 15) is 0 Å². The highest BCUT2D eigenvalue weighted by atomic mass is 14.9. The predicted molar refractivity (Wildman–Crippen MR) is 69.8 cm³/mol. The molecule has 2 atom stereocenters. The van der Waals surface area contributed by atoms with Gasteiger partial charge in [0.15, 0.2) is 0 Å². The lowest BCUT2D eigenvalue weighted by Crippen LogP contribution is -2.48. The van der Waals surface area contributed by atoms with Crippen molar-refractivity contribution in [3.05, 3.63) is 35.4 Å². The normalized spacial score (nSPS) is 21.1. The molecule has 1 aliphatic carbocycles. The Bertz CT molecular complexity index is 362. The van der Waals surface area contributed by atoms with Crippen LogP contribution in [-0.2, 0) is 6.42 Å². The molecule has 16 heavy (non-hydrogen) atoms. The summed E-state index contributed by atoms with van der Waals surface area (Å²) < 4.78 is 0. The molecule has 1 aromatic rings. The van der Waals surface area contributed by atoms with Gasteiger partial charge in [-0.1, -0.05) is 52.0 Å². The molecule has 0 fully saturated rings. The van der Waals surface area contributed by atoms with E-state index in [2.05, 4.69) is 57.3 Å². The van der Waals surface area contributed by atoms with Crippen LogP contribution in [0.2, 0.25) is 0 Å². The first-order chi connectivity index (χ1) is 7.54. The fourth-order valence-corrected chi connectivity index (χ4v) is 2.87. The van der Waals surface area contributed by atoms with Crippen LogP contribution in [0.5, 0.6) is 0 Å². The lowest BCUT2D eigenvalue weighted by Gasteiger charge is -2.43. The Morgan fingerprint density at radius 1 is 1.31 bits per heavy atom. The first kappa shape index (κ1) is 11.7. The lowest BCUT2D eigenvalue weighted by atomic mass is 9.66. The van der Waals surface area contributed by atoms with Crippen molar-refractivity contribution in [1.29, 1.82) is 0 Å². The summed E-state index contributed by atoms with van der Waals surface area (Å²) in [5.74, 6) is 0.705. The Kier molecular flexibility index (Phi) is 3.07. The van der Waals surface area contributed by atoms with Gasteiger partial charge in [-0.15, -0.1) is 0 Å². The van der Waals surface area contributed by atoms with Gasteiger partial charge >= 0.3 is 0 Å². The van der Waals surface area contributed by atoms with E-state index in [1.165, 1.54) is 6.42 Å². The second kappa shape index (κ2) is 4.21. The van der Waals surface area contributed by atoms with E-state index < -0.39 is 0 Å². The second-order valence-electron chi connectivity index (χ2n) is 5.91. The highest BCUT2D eigenvalue weighted by Crippen LogP contribution is 2.42. The molecule has 2 unspecified atom stereocenters. The highest BCUT2D eigenvalue weighted by Gasteiger charge is 2.38. The van der Waals surface area contributed by atoms with Gasteiger partial charge in [0.05, 0.1) is 0 Å². The molecule has 1 N–H and O–H groups in total. The van der Waals surface area contributed by atoms with Crippen LogP contribution in [-0.4, -0.2) is 12.6 Å². The van der Waals surface area contributed by atoms with Gasteiger partial charge in [-0.05, 0) is 29.5 Å². The largest absolute Gasteiger partial charge is 0.313 e. The monoisotopic (exact) mass is 217 g/mol. The number of rotatable bonds is 3. The van der Waals surface area contributed by atoms with Crippen molar-refractivity contribution in [3.8, 4) is 0 Å². The standard InChI is InChI=1S/C15H23N/c1-5-16-14(15(2,3)4)13-10-11-8-6-7-9-12(11)13/h6-9,13-14,16H,5,10H2,1-4H3. The van der Waals surface area contributed by atoms with Gasteiger partial charge in [0.1, 0.15) is 0 Å².